The largest absolute Gasteiger partial charge is 0.382 e. The lowest BCUT2D eigenvalue weighted by molar-refractivity contribution is 0.224. The number of likely N-dealkylation sites (tertiary alicyclic amines) is 1. The first-order chi connectivity index (χ1) is 8.28. The predicted octanol–water partition coefficient (Wildman–Crippen LogP) is 2.28. The van der Waals surface area contributed by atoms with Crippen molar-refractivity contribution in [2.75, 3.05) is 31.5 Å². The van der Waals surface area contributed by atoms with Crippen molar-refractivity contribution in [2.24, 2.45) is 5.73 Å². The lowest BCUT2D eigenvalue weighted by atomic mass is 10.0. The average Bonchev–Trinajstić information content (AvgIpc) is 2.32. The highest BCUT2D eigenvalue weighted by molar-refractivity contribution is 9.10. The van der Waals surface area contributed by atoms with Crippen LogP contribution in [0.2, 0.25) is 0 Å². The van der Waals surface area contributed by atoms with Crippen LogP contribution in [0.1, 0.15) is 12.8 Å². The van der Waals surface area contributed by atoms with Crippen molar-refractivity contribution in [3.8, 4) is 0 Å². The van der Waals surface area contributed by atoms with Gasteiger partial charge in [0.05, 0.1) is 0 Å². The zero-order chi connectivity index (χ0) is 12.1. The molecule has 0 bridgehead atoms. The molecule has 3 nitrogen and oxygen atoms in total. The number of benzene rings is 1. The zero-order valence-electron chi connectivity index (χ0n) is 10.0. The van der Waals surface area contributed by atoms with Gasteiger partial charge in [0.1, 0.15) is 0 Å². The molecule has 0 unspecified atom stereocenters. The van der Waals surface area contributed by atoms with Gasteiger partial charge in [-0.1, -0.05) is 22.0 Å². The smallest absolute Gasteiger partial charge is 0.0353 e. The number of halogens is 1. The standard InChI is InChI=1S/C13H20BrN3/c14-11-2-1-3-13(10-11)16-12-4-7-17(8-5-12)9-6-15/h1-3,10,12,16H,4-9,15H2. The maximum atomic E-state index is 5.57. The lowest BCUT2D eigenvalue weighted by Gasteiger charge is -2.32. The van der Waals surface area contributed by atoms with Crippen LogP contribution in [0.25, 0.3) is 0 Å². The van der Waals surface area contributed by atoms with Gasteiger partial charge in [-0.3, -0.25) is 0 Å². The molecule has 0 spiro atoms. The summed E-state index contributed by atoms with van der Waals surface area (Å²) >= 11 is 3.49. The molecular formula is C13H20BrN3. The van der Waals surface area contributed by atoms with Crippen LogP contribution in [0.15, 0.2) is 28.7 Å². The van der Waals surface area contributed by atoms with Crippen molar-refractivity contribution in [3.05, 3.63) is 28.7 Å². The zero-order valence-corrected chi connectivity index (χ0v) is 11.6. The molecule has 4 heteroatoms. The Labute approximate surface area is 111 Å². The molecule has 1 aromatic rings. The topological polar surface area (TPSA) is 41.3 Å². The van der Waals surface area contributed by atoms with E-state index in [1.807, 2.05) is 0 Å². The molecule has 1 aromatic carbocycles. The molecular weight excluding hydrogens is 278 g/mol. The van der Waals surface area contributed by atoms with Crippen LogP contribution in [0.3, 0.4) is 0 Å². The Morgan fingerprint density at radius 1 is 1.35 bits per heavy atom. The fourth-order valence-corrected chi connectivity index (χ4v) is 2.70. The normalized spacial score (nSPS) is 18.2. The number of anilines is 1. The van der Waals surface area contributed by atoms with E-state index in [9.17, 15) is 0 Å². The number of piperidine rings is 1. The lowest BCUT2D eigenvalue weighted by Crippen LogP contribution is -2.41. The summed E-state index contributed by atoms with van der Waals surface area (Å²) in [5, 5.41) is 3.60. The van der Waals surface area contributed by atoms with E-state index in [0.29, 0.717) is 6.04 Å². The molecule has 1 aliphatic rings. The maximum Gasteiger partial charge on any atom is 0.0353 e. The van der Waals surface area contributed by atoms with Crippen LogP contribution in [0.5, 0.6) is 0 Å². The number of hydrogen-bond acceptors (Lipinski definition) is 3. The molecule has 0 aliphatic carbocycles. The van der Waals surface area contributed by atoms with Crippen molar-refractivity contribution in [1.82, 2.24) is 4.90 Å². The van der Waals surface area contributed by atoms with Gasteiger partial charge >= 0.3 is 0 Å². The second-order valence-corrected chi connectivity index (χ2v) is 5.47. The highest BCUT2D eigenvalue weighted by Crippen LogP contribution is 2.19. The van der Waals surface area contributed by atoms with Gasteiger partial charge in [-0.05, 0) is 31.0 Å². The fraction of sp³-hybridized carbons (Fsp3) is 0.538. The summed E-state index contributed by atoms with van der Waals surface area (Å²) in [5.74, 6) is 0. The minimum absolute atomic E-state index is 0.596. The number of nitrogens with two attached hydrogens (primary N) is 1. The molecule has 1 saturated heterocycles. The van der Waals surface area contributed by atoms with Gasteiger partial charge in [-0.25, -0.2) is 0 Å². The van der Waals surface area contributed by atoms with Gasteiger partial charge in [-0.15, -0.1) is 0 Å². The van der Waals surface area contributed by atoms with E-state index in [1.54, 1.807) is 0 Å². The number of nitrogens with one attached hydrogen (secondary N) is 1. The molecule has 0 atom stereocenters. The minimum Gasteiger partial charge on any atom is -0.382 e. The monoisotopic (exact) mass is 297 g/mol. The third-order valence-corrected chi connectivity index (χ3v) is 3.72. The van der Waals surface area contributed by atoms with Crippen molar-refractivity contribution >= 4 is 21.6 Å². The summed E-state index contributed by atoms with van der Waals surface area (Å²) in [6, 6.07) is 8.96. The third-order valence-electron chi connectivity index (χ3n) is 3.23. The number of nitrogens with zero attached hydrogens (tertiary/aromatic N) is 1. The van der Waals surface area contributed by atoms with Gasteiger partial charge in [0.15, 0.2) is 0 Å². The SMILES string of the molecule is NCCN1CCC(Nc2cccc(Br)c2)CC1. The molecule has 0 amide bonds. The first kappa shape index (κ1) is 12.9. The molecule has 94 valence electrons. The van der Waals surface area contributed by atoms with Crippen LogP contribution in [-0.4, -0.2) is 37.1 Å². The summed E-state index contributed by atoms with van der Waals surface area (Å²) in [4.78, 5) is 2.44. The van der Waals surface area contributed by atoms with Crippen LogP contribution in [-0.2, 0) is 0 Å². The summed E-state index contributed by atoms with van der Waals surface area (Å²) in [5.41, 5.74) is 6.78. The van der Waals surface area contributed by atoms with Gasteiger partial charge in [0.25, 0.3) is 0 Å². The van der Waals surface area contributed by atoms with Crippen LogP contribution < -0.4 is 11.1 Å². The Bertz CT molecular complexity index is 348. The maximum absolute atomic E-state index is 5.57. The predicted molar refractivity (Wildman–Crippen MR) is 76.3 cm³/mol. The Balaban J connectivity index is 1.82. The number of rotatable bonds is 4. The number of hydrogen-bond donors (Lipinski definition) is 2. The van der Waals surface area contributed by atoms with Gasteiger partial charge in [0, 0.05) is 42.4 Å². The highest BCUT2D eigenvalue weighted by Gasteiger charge is 2.18. The van der Waals surface area contributed by atoms with Crippen LogP contribution >= 0.6 is 15.9 Å². The van der Waals surface area contributed by atoms with E-state index < -0.39 is 0 Å². The van der Waals surface area contributed by atoms with E-state index in [4.69, 9.17) is 5.73 Å². The first-order valence-corrected chi connectivity index (χ1v) is 7.02. The van der Waals surface area contributed by atoms with Crippen molar-refractivity contribution in [3.63, 3.8) is 0 Å². The van der Waals surface area contributed by atoms with Crippen molar-refractivity contribution in [1.29, 1.82) is 0 Å². The van der Waals surface area contributed by atoms with Gasteiger partial charge < -0.3 is 16.0 Å². The second kappa shape index (κ2) is 6.38. The van der Waals surface area contributed by atoms with Crippen LogP contribution in [0.4, 0.5) is 5.69 Å². The second-order valence-electron chi connectivity index (χ2n) is 4.56. The molecule has 1 aliphatic heterocycles. The molecule has 0 saturated carbocycles. The highest BCUT2D eigenvalue weighted by atomic mass is 79.9. The van der Waals surface area contributed by atoms with Crippen molar-refractivity contribution < 1.29 is 0 Å². The van der Waals surface area contributed by atoms with E-state index in [1.165, 1.54) is 18.5 Å². The minimum atomic E-state index is 0.596. The van der Waals surface area contributed by atoms with E-state index >= 15 is 0 Å². The van der Waals surface area contributed by atoms with E-state index in [0.717, 1.165) is 30.7 Å². The summed E-state index contributed by atoms with van der Waals surface area (Å²) in [7, 11) is 0. The van der Waals surface area contributed by atoms with Gasteiger partial charge in [0.2, 0.25) is 0 Å². The molecule has 1 heterocycles. The summed E-state index contributed by atoms with van der Waals surface area (Å²) < 4.78 is 1.13. The quantitative estimate of drug-likeness (QED) is 0.896. The first-order valence-electron chi connectivity index (χ1n) is 6.22. The third kappa shape index (κ3) is 3.98. The van der Waals surface area contributed by atoms with Crippen molar-refractivity contribution in [2.45, 2.75) is 18.9 Å². The average molecular weight is 298 g/mol. The van der Waals surface area contributed by atoms with E-state index in [2.05, 4.69) is 50.4 Å². The molecule has 2 rings (SSSR count). The Morgan fingerprint density at radius 3 is 2.76 bits per heavy atom. The fourth-order valence-electron chi connectivity index (χ4n) is 2.30. The van der Waals surface area contributed by atoms with E-state index in [-0.39, 0.29) is 0 Å². The Kier molecular flexibility index (Phi) is 4.83. The summed E-state index contributed by atoms with van der Waals surface area (Å²) in [6.07, 6.45) is 2.40. The molecule has 3 N–H and O–H groups in total. The Hall–Kier alpha value is -0.580. The summed E-state index contributed by atoms with van der Waals surface area (Å²) in [6.45, 7) is 4.11. The molecule has 0 radical (unpaired) electrons. The molecule has 1 fully saturated rings. The van der Waals surface area contributed by atoms with Crippen LogP contribution in [0, 0.1) is 0 Å². The molecule has 17 heavy (non-hydrogen) atoms. The molecule has 0 aromatic heterocycles. The van der Waals surface area contributed by atoms with Gasteiger partial charge in [-0.2, -0.15) is 0 Å². The Morgan fingerprint density at radius 2 is 2.12 bits per heavy atom.